The first-order valence-electron chi connectivity index (χ1n) is 5.68. The predicted molar refractivity (Wildman–Crippen MR) is 76.3 cm³/mol. The fourth-order valence-electron chi connectivity index (χ4n) is 1.66. The van der Waals surface area contributed by atoms with Crippen LogP contribution in [-0.2, 0) is 9.53 Å². The van der Waals surface area contributed by atoms with Gasteiger partial charge in [-0.1, -0.05) is 41.9 Å². The monoisotopic (exact) mass is 280 g/mol. The molecule has 2 aromatic carbocycles. The van der Waals surface area contributed by atoms with Gasteiger partial charge in [-0.15, -0.1) is 11.8 Å². The lowest BCUT2D eigenvalue weighted by Crippen LogP contribution is -2.06. The van der Waals surface area contributed by atoms with Crippen molar-refractivity contribution in [2.45, 2.75) is 11.8 Å². The van der Waals surface area contributed by atoms with E-state index in [-0.39, 0.29) is 11.7 Å². The minimum absolute atomic E-state index is 0.216. The van der Waals surface area contributed by atoms with Gasteiger partial charge in [0.15, 0.2) is 0 Å². The smallest absolute Gasteiger partial charge is 0.316 e. The van der Waals surface area contributed by atoms with Crippen LogP contribution in [0.2, 0.25) is 5.02 Å². The quantitative estimate of drug-likeness (QED) is 0.622. The van der Waals surface area contributed by atoms with Gasteiger partial charge >= 0.3 is 5.97 Å². The molecule has 0 fully saturated rings. The average Bonchev–Trinajstić information content (AvgIpc) is 2.39. The molecule has 18 heavy (non-hydrogen) atoms. The van der Waals surface area contributed by atoms with E-state index in [9.17, 15) is 4.79 Å². The maximum absolute atomic E-state index is 11.3. The SMILES string of the molecule is CCOC(=O)CSc1ccc2ccccc2c1Cl. The van der Waals surface area contributed by atoms with Crippen LogP contribution in [0.15, 0.2) is 41.3 Å². The number of esters is 1. The number of thioether (sulfide) groups is 1. The number of benzene rings is 2. The van der Waals surface area contributed by atoms with Crippen LogP contribution >= 0.6 is 23.4 Å². The Morgan fingerprint density at radius 3 is 2.83 bits per heavy atom. The summed E-state index contributed by atoms with van der Waals surface area (Å²) in [5.41, 5.74) is 0. The van der Waals surface area contributed by atoms with Gasteiger partial charge in [0.1, 0.15) is 0 Å². The zero-order valence-electron chi connectivity index (χ0n) is 9.98. The van der Waals surface area contributed by atoms with Crippen molar-refractivity contribution < 1.29 is 9.53 Å². The van der Waals surface area contributed by atoms with E-state index in [2.05, 4.69) is 0 Å². The summed E-state index contributed by atoms with van der Waals surface area (Å²) in [5, 5.41) is 2.80. The molecule has 2 nitrogen and oxygen atoms in total. The molecule has 0 saturated heterocycles. The van der Waals surface area contributed by atoms with E-state index in [1.54, 1.807) is 6.92 Å². The van der Waals surface area contributed by atoms with E-state index in [4.69, 9.17) is 16.3 Å². The zero-order valence-corrected chi connectivity index (χ0v) is 11.6. The second kappa shape index (κ2) is 6.12. The van der Waals surface area contributed by atoms with Crippen LogP contribution in [0.4, 0.5) is 0 Å². The molecule has 0 heterocycles. The lowest BCUT2D eigenvalue weighted by molar-refractivity contribution is -0.139. The van der Waals surface area contributed by atoms with Gasteiger partial charge < -0.3 is 4.74 Å². The number of carbonyl (C=O) groups excluding carboxylic acids is 1. The lowest BCUT2D eigenvalue weighted by atomic mass is 10.1. The van der Waals surface area contributed by atoms with Crippen molar-refractivity contribution in [1.29, 1.82) is 0 Å². The second-order valence-electron chi connectivity index (χ2n) is 3.69. The van der Waals surface area contributed by atoms with E-state index < -0.39 is 0 Å². The molecule has 4 heteroatoms. The molecule has 2 rings (SSSR count). The topological polar surface area (TPSA) is 26.3 Å². The summed E-state index contributed by atoms with van der Waals surface area (Å²) >= 11 is 7.73. The van der Waals surface area contributed by atoms with Gasteiger partial charge in [-0.2, -0.15) is 0 Å². The lowest BCUT2D eigenvalue weighted by Gasteiger charge is -2.07. The van der Waals surface area contributed by atoms with Gasteiger partial charge in [-0.3, -0.25) is 4.79 Å². The van der Waals surface area contributed by atoms with Crippen molar-refractivity contribution in [3.05, 3.63) is 41.4 Å². The number of rotatable bonds is 4. The van der Waals surface area contributed by atoms with Gasteiger partial charge in [-0.05, 0) is 18.4 Å². The first kappa shape index (κ1) is 13.2. The van der Waals surface area contributed by atoms with Crippen LogP contribution in [0.3, 0.4) is 0 Å². The minimum atomic E-state index is -0.216. The molecule has 0 aliphatic heterocycles. The maximum atomic E-state index is 11.3. The molecule has 0 amide bonds. The van der Waals surface area contributed by atoms with Gasteiger partial charge in [-0.25, -0.2) is 0 Å². The van der Waals surface area contributed by atoms with Crippen molar-refractivity contribution >= 4 is 40.1 Å². The van der Waals surface area contributed by atoms with E-state index >= 15 is 0 Å². The molecule has 0 unspecified atom stereocenters. The number of hydrogen-bond acceptors (Lipinski definition) is 3. The molecule has 2 aromatic rings. The van der Waals surface area contributed by atoms with Crippen LogP contribution in [0.5, 0.6) is 0 Å². The van der Waals surface area contributed by atoms with Crippen LogP contribution in [0, 0.1) is 0 Å². The summed E-state index contributed by atoms with van der Waals surface area (Å²) in [6, 6.07) is 11.9. The molecule has 0 aliphatic rings. The van der Waals surface area contributed by atoms with E-state index in [0.29, 0.717) is 11.6 Å². The first-order valence-corrected chi connectivity index (χ1v) is 7.04. The predicted octanol–water partition coefficient (Wildman–Crippen LogP) is 4.15. The van der Waals surface area contributed by atoms with Crippen LogP contribution in [-0.4, -0.2) is 18.3 Å². The molecule has 0 saturated carbocycles. The summed E-state index contributed by atoms with van der Waals surface area (Å²) in [6.45, 7) is 2.20. The average molecular weight is 281 g/mol. The zero-order chi connectivity index (χ0) is 13.0. The minimum Gasteiger partial charge on any atom is -0.465 e. The van der Waals surface area contributed by atoms with E-state index in [1.807, 2.05) is 36.4 Å². The van der Waals surface area contributed by atoms with Crippen LogP contribution in [0.25, 0.3) is 10.8 Å². The Morgan fingerprint density at radius 2 is 2.06 bits per heavy atom. The highest BCUT2D eigenvalue weighted by Crippen LogP contribution is 2.33. The highest BCUT2D eigenvalue weighted by Gasteiger charge is 2.08. The third-order valence-corrected chi connectivity index (χ3v) is 4.03. The Kier molecular flexibility index (Phi) is 4.50. The molecule has 0 spiro atoms. The normalized spacial score (nSPS) is 10.6. The van der Waals surface area contributed by atoms with Gasteiger partial charge in [0, 0.05) is 10.3 Å². The summed E-state index contributed by atoms with van der Waals surface area (Å²) < 4.78 is 4.89. The number of hydrogen-bond donors (Lipinski definition) is 0. The molecule has 0 bridgehead atoms. The molecular formula is C14H13ClO2S. The molecule has 0 aliphatic carbocycles. The second-order valence-corrected chi connectivity index (χ2v) is 5.09. The molecule has 0 aromatic heterocycles. The molecular weight excluding hydrogens is 268 g/mol. The molecule has 0 N–H and O–H groups in total. The van der Waals surface area contributed by atoms with Crippen LogP contribution < -0.4 is 0 Å². The summed E-state index contributed by atoms with van der Waals surface area (Å²) in [7, 11) is 0. The number of carbonyl (C=O) groups is 1. The Labute approximate surface area is 115 Å². The molecule has 0 radical (unpaired) electrons. The first-order chi connectivity index (χ1) is 8.72. The van der Waals surface area contributed by atoms with Gasteiger partial charge in [0.25, 0.3) is 0 Å². The number of ether oxygens (including phenoxy) is 1. The Bertz CT molecular complexity index is 569. The third kappa shape index (κ3) is 2.98. The summed E-state index contributed by atoms with van der Waals surface area (Å²) in [6.07, 6.45) is 0. The summed E-state index contributed by atoms with van der Waals surface area (Å²) in [5.74, 6) is 0.0676. The van der Waals surface area contributed by atoms with E-state index in [1.165, 1.54) is 11.8 Å². The standard InChI is InChI=1S/C14H13ClO2S/c1-2-17-13(16)9-18-12-8-7-10-5-3-4-6-11(10)14(12)15/h3-8H,2,9H2,1H3. The number of halogens is 1. The fraction of sp³-hybridized carbons (Fsp3) is 0.214. The van der Waals surface area contributed by atoms with Crippen molar-refractivity contribution in [2.75, 3.05) is 12.4 Å². The van der Waals surface area contributed by atoms with Crippen molar-refractivity contribution in [3.8, 4) is 0 Å². The molecule has 94 valence electrons. The van der Waals surface area contributed by atoms with Crippen molar-refractivity contribution in [2.24, 2.45) is 0 Å². The Hall–Kier alpha value is -1.19. The third-order valence-electron chi connectivity index (χ3n) is 2.48. The van der Waals surface area contributed by atoms with E-state index in [0.717, 1.165) is 15.7 Å². The summed E-state index contributed by atoms with van der Waals surface area (Å²) in [4.78, 5) is 12.2. The van der Waals surface area contributed by atoms with Gasteiger partial charge in [0.05, 0.1) is 17.4 Å². The number of fused-ring (bicyclic) bond motifs is 1. The molecule has 0 atom stereocenters. The fourth-order valence-corrected chi connectivity index (χ4v) is 2.82. The van der Waals surface area contributed by atoms with Crippen molar-refractivity contribution in [3.63, 3.8) is 0 Å². The van der Waals surface area contributed by atoms with Crippen molar-refractivity contribution in [1.82, 2.24) is 0 Å². The Balaban J connectivity index is 2.19. The highest BCUT2D eigenvalue weighted by atomic mass is 35.5. The van der Waals surface area contributed by atoms with Gasteiger partial charge in [0.2, 0.25) is 0 Å². The maximum Gasteiger partial charge on any atom is 0.316 e. The highest BCUT2D eigenvalue weighted by molar-refractivity contribution is 8.00. The Morgan fingerprint density at radius 1 is 1.28 bits per heavy atom. The largest absolute Gasteiger partial charge is 0.465 e. The van der Waals surface area contributed by atoms with Crippen LogP contribution in [0.1, 0.15) is 6.92 Å².